The number of nitrogens with two attached hydrogens (primary N) is 1. The molecule has 0 aromatic rings. The van der Waals surface area contributed by atoms with Crippen molar-refractivity contribution >= 4 is 11.9 Å². The summed E-state index contributed by atoms with van der Waals surface area (Å²) in [6.45, 7) is 7.47. The van der Waals surface area contributed by atoms with Crippen LogP contribution in [0.4, 0.5) is 4.79 Å². The number of hydrogen-bond acceptors (Lipinski definition) is 3. The Balaban J connectivity index is 1.58. The lowest BCUT2D eigenvalue weighted by molar-refractivity contribution is -0.136. The van der Waals surface area contributed by atoms with E-state index in [-0.39, 0.29) is 23.3 Å². The van der Waals surface area contributed by atoms with E-state index >= 15 is 0 Å². The first kappa shape index (κ1) is 16.6. The van der Waals surface area contributed by atoms with E-state index in [4.69, 9.17) is 5.73 Å². The Labute approximate surface area is 139 Å². The molecule has 0 spiro atoms. The quantitative estimate of drug-likeness (QED) is 0.828. The second-order valence-electron chi connectivity index (χ2n) is 7.79. The van der Waals surface area contributed by atoms with E-state index in [0.717, 1.165) is 64.8 Å². The normalized spacial score (nSPS) is 31.7. The molecule has 3 rings (SSSR count). The fourth-order valence-corrected chi connectivity index (χ4v) is 4.10. The Morgan fingerprint density at radius 1 is 1.04 bits per heavy atom. The van der Waals surface area contributed by atoms with Crippen LogP contribution >= 0.6 is 0 Å². The van der Waals surface area contributed by atoms with Gasteiger partial charge < -0.3 is 20.4 Å². The maximum Gasteiger partial charge on any atom is 0.320 e. The van der Waals surface area contributed by atoms with Gasteiger partial charge >= 0.3 is 6.03 Å². The zero-order valence-corrected chi connectivity index (χ0v) is 14.3. The summed E-state index contributed by atoms with van der Waals surface area (Å²) in [6, 6.07) is 0.133. The van der Waals surface area contributed by atoms with Crippen molar-refractivity contribution in [3.05, 3.63) is 0 Å². The molecular formula is C17H30N4O2. The number of nitrogens with zero attached hydrogens (tertiary/aromatic N) is 3. The molecule has 3 aliphatic rings. The first-order valence-electron chi connectivity index (χ1n) is 9.05. The molecule has 0 aromatic heterocycles. The largest absolute Gasteiger partial charge is 0.342 e. The monoisotopic (exact) mass is 322 g/mol. The minimum absolute atomic E-state index is 0.0320. The maximum atomic E-state index is 12.8. The van der Waals surface area contributed by atoms with Crippen molar-refractivity contribution in [1.29, 1.82) is 0 Å². The van der Waals surface area contributed by atoms with E-state index in [1.807, 2.05) is 14.7 Å². The smallest absolute Gasteiger partial charge is 0.320 e. The van der Waals surface area contributed by atoms with Crippen LogP contribution in [0.25, 0.3) is 0 Å². The zero-order valence-electron chi connectivity index (χ0n) is 14.3. The molecule has 2 unspecified atom stereocenters. The van der Waals surface area contributed by atoms with Crippen LogP contribution < -0.4 is 5.73 Å². The number of likely N-dealkylation sites (tertiary alicyclic amines) is 3. The van der Waals surface area contributed by atoms with Crippen molar-refractivity contribution in [2.75, 3.05) is 45.8 Å². The van der Waals surface area contributed by atoms with Gasteiger partial charge in [-0.3, -0.25) is 4.79 Å². The third-order valence-corrected chi connectivity index (χ3v) is 5.78. The van der Waals surface area contributed by atoms with Crippen molar-refractivity contribution in [2.24, 2.45) is 17.1 Å². The van der Waals surface area contributed by atoms with Gasteiger partial charge in [-0.1, -0.05) is 6.92 Å². The van der Waals surface area contributed by atoms with Crippen LogP contribution in [0.5, 0.6) is 0 Å². The van der Waals surface area contributed by atoms with Gasteiger partial charge in [-0.05, 0) is 44.1 Å². The van der Waals surface area contributed by atoms with Gasteiger partial charge in [0.1, 0.15) is 0 Å². The summed E-state index contributed by atoms with van der Waals surface area (Å²) in [4.78, 5) is 31.2. The second kappa shape index (κ2) is 6.67. The minimum Gasteiger partial charge on any atom is -0.342 e. The maximum absolute atomic E-state index is 12.8. The molecule has 0 saturated carbocycles. The first-order valence-corrected chi connectivity index (χ1v) is 9.05. The molecule has 0 radical (unpaired) electrons. The van der Waals surface area contributed by atoms with Crippen LogP contribution in [0.3, 0.4) is 0 Å². The molecule has 0 aromatic carbocycles. The Hall–Kier alpha value is -1.30. The molecule has 2 atom stereocenters. The van der Waals surface area contributed by atoms with Crippen LogP contribution in [0.2, 0.25) is 0 Å². The lowest BCUT2D eigenvalue weighted by Gasteiger charge is -2.36. The van der Waals surface area contributed by atoms with E-state index in [0.29, 0.717) is 13.1 Å². The van der Waals surface area contributed by atoms with Gasteiger partial charge in [-0.15, -0.1) is 0 Å². The average molecular weight is 322 g/mol. The highest BCUT2D eigenvalue weighted by Crippen LogP contribution is 2.31. The van der Waals surface area contributed by atoms with E-state index in [9.17, 15) is 9.59 Å². The van der Waals surface area contributed by atoms with Gasteiger partial charge in [-0.2, -0.15) is 0 Å². The summed E-state index contributed by atoms with van der Waals surface area (Å²) < 4.78 is 0. The third kappa shape index (κ3) is 3.47. The fourth-order valence-electron chi connectivity index (χ4n) is 4.10. The van der Waals surface area contributed by atoms with Gasteiger partial charge in [0.05, 0.1) is 5.92 Å². The molecule has 130 valence electrons. The molecule has 6 nitrogen and oxygen atoms in total. The first-order chi connectivity index (χ1) is 11.0. The van der Waals surface area contributed by atoms with E-state index < -0.39 is 0 Å². The predicted octanol–water partition coefficient (Wildman–Crippen LogP) is 1.11. The summed E-state index contributed by atoms with van der Waals surface area (Å²) in [6.07, 6.45) is 5.02. The molecule has 0 bridgehead atoms. The SMILES string of the molecule is CC1(CN)CCN(C(=O)C2CCCN(C(=O)N3CCCC3)C2)C1. The standard InChI is InChI=1S/C17H30N4O2/c1-17(12-18)6-10-21(13-17)15(22)14-5-4-9-20(11-14)16(23)19-7-2-3-8-19/h14H,2-13,18H2,1H3. The molecule has 3 aliphatic heterocycles. The summed E-state index contributed by atoms with van der Waals surface area (Å²) in [5, 5.41) is 0. The van der Waals surface area contributed by atoms with Gasteiger partial charge in [0.25, 0.3) is 0 Å². The number of carbonyl (C=O) groups excluding carboxylic acids is 2. The van der Waals surface area contributed by atoms with E-state index in [1.165, 1.54) is 0 Å². The van der Waals surface area contributed by atoms with Gasteiger partial charge in [0.15, 0.2) is 0 Å². The van der Waals surface area contributed by atoms with E-state index in [1.54, 1.807) is 0 Å². The molecule has 3 saturated heterocycles. The number of amides is 3. The average Bonchev–Trinajstić information content (AvgIpc) is 3.24. The number of piperidine rings is 1. The number of hydrogen-bond donors (Lipinski definition) is 1. The lowest BCUT2D eigenvalue weighted by Crippen LogP contribution is -2.50. The van der Waals surface area contributed by atoms with Crippen molar-refractivity contribution in [1.82, 2.24) is 14.7 Å². The Morgan fingerprint density at radius 3 is 2.39 bits per heavy atom. The highest BCUT2D eigenvalue weighted by Gasteiger charge is 2.39. The Morgan fingerprint density at radius 2 is 1.74 bits per heavy atom. The Kier molecular flexibility index (Phi) is 4.80. The summed E-state index contributed by atoms with van der Waals surface area (Å²) in [5.41, 5.74) is 5.91. The topological polar surface area (TPSA) is 69.9 Å². The summed E-state index contributed by atoms with van der Waals surface area (Å²) in [7, 11) is 0. The minimum atomic E-state index is -0.0320. The summed E-state index contributed by atoms with van der Waals surface area (Å²) in [5.74, 6) is 0.191. The molecule has 3 heterocycles. The predicted molar refractivity (Wildman–Crippen MR) is 88.9 cm³/mol. The van der Waals surface area contributed by atoms with Crippen LogP contribution in [-0.2, 0) is 4.79 Å². The van der Waals surface area contributed by atoms with Crippen LogP contribution in [0.15, 0.2) is 0 Å². The Bertz CT molecular complexity index is 464. The highest BCUT2D eigenvalue weighted by atomic mass is 16.2. The van der Waals surface area contributed by atoms with E-state index in [2.05, 4.69) is 6.92 Å². The second-order valence-corrected chi connectivity index (χ2v) is 7.79. The van der Waals surface area contributed by atoms with Gasteiger partial charge in [0.2, 0.25) is 5.91 Å². The number of carbonyl (C=O) groups is 2. The molecule has 6 heteroatoms. The highest BCUT2D eigenvalue weighted by molar-refractivity contribution is 5.81. The van der Waals surface area contributed by atoms with Crippen LogP contribution in [-0.4, -0.2) is 72.5 Å². The molecule has 3 fully saturated rings. The molecule has 3 amide bonds. The van der Waals surface area contributed by atoms with Crippen molar-refractivity contribution in [3.8, 4) is 0 Å². The molecular weight excluding hydrogens is 292 g/mol. The van der Waals surface area contributed by atoms with Crippen molar-refractivity contribution in [2.45, 2.75) is 39.0 Å². The zero-order chi connectivity index (χ0) is 16.4. The van der Waals surface area contributed by atoms with Gasteiger partial charge in [-0.25, -0.2) is 4.79 Å². The molecule has 2 N–H and O–H groups in total. The van der Waals surface area contributed by atoms with Crippen molar-refractivity contribution < 1.29 is 9.59 Å². The molecule has 23 heavy (non-hydrogen) atoms. The van der Waals surface area contributed by atoms with Crippen LogP contribution in [0, 0.1) is 11.3 Å². The molecule has 0 aliphatic carbocycles. The number of rotatable bonds is 2. The lowest BCUT2D eigenvalue weighted by atomic mass is 9.90. The third-order valence-electron chi connectivity index (χ3n) is 5.78. The summed E-state index contributed by atoms with van der Waals surface area (Å²) >= 11 is 0. The van der Waals surface area contributed by atoms with Crippen molar-refractivity contribution in [3.63, 3.8) is 0 Å². The van der Waals surface area contributed by atoms with Gasteiger partial charge in [0, 0.05) is 39.3 Å². The number of urea groups is 1. The fraction of sp³-hybridized carbons (Fsp3) is 0.882. The van der Waals surface area contributed by atoms with Crippen LogP contribution in [0.1, 0.15) is 39.0 Å².